The lowest BCUT2D eigenvalue weighted by atomic mass is 10.0. The molecule has 0 radical (unpaired) electrons. The minimum absolute atomic E-state index is 0.713. The molecule has 0 fully saturated rings. The second-order valence-electron chi connectivity index (χ2n) is 4.86. The monoisotopic (exact) mass is 341 g/mol. The quantitative estimate of drug-likeness (QED) is 0.163. The lowest BCUT2D eigenvalue weighted by molar-refractivity contribution is -0.140. The largest absolute Gasteiger partial charge is 0.394 e. The van der Waals surface area contributed by atoms with Crippen molar-refractivity contribution in [3.63, 3.8) is 0 Å². The minimum Gasteiger partial charge on any atom is -0.394 e. The van der Waals surface area contributed by atoms with Crippen LogP contribution in [0.25, 0.3) is 0 Å². The van der Waals surface area contributed by atoms with Gasteiger partial charge in [0.25, 0.3) is 0 Å². The number of carbonyl (C=O) groups is 2. The van der Waals surface area contributed by atoms with E-state index in [0.717, 1.165) is 0 Å². The van der Waals surface area contributed by atoms with Gasteiger partial charge in [-0.2, -0.15) is 0 Å². The van der Waals surface area contributed by atoms with Crippen molar-refractivity contribution in [1.29, 1.82) is 0 Å². The highest BCUT2D eigenvalue weighted by Gasteiger charge is 2.33. The molecule has 0 saturated carbocycles. The van der Waals surface area contributed by atoms with Gasteiger partial charge in [-0.1, -0.05) is 0 Å². The molecule has 23 heavy (non-hydrogen) atoms. The number of hydrogen-bond acceptors (Lipinski definition) is 11. The van der Waals surface area contributed by atoms with Crippen molar-refractivity contribution in [2.24, 2.45) is 0 Å². The SMILES string of the molecule is O=C(CN[C@H](CO)C(=O)[C@H](O)[C@H](O)CO)[C@@H](O)[C@H](O)[C@H](O)CO. The van der Waals surface area contributed by atoms with Crippen molar-refractivity contribution in [3.05, 3.63) is 0 Å². The Morgan fingerprint density at radius 3 is 1.74 bits per heavy atom. The van der Waals surface area contributed by atoms with Crippen LogP contribution in [0.3, 0.4) is 0 Å². The van der Waals surface area contributed by atoms with E-state index in [1.807, 2.05) is 0 Å². The van der Waals surface area contributed by atoms with E-state index in [1.54, 1.807) is 0 Å². The van der Waals surface area contributed by atoms with Gasteiger partial charge in [0.05, 0.1) is 32.4 Å². The van der Waals surface area contributed by atoms with Crippen LogP contribution in [0.1, 0.15) is 0 Å². The van der Waals surface area contributed by atoms with Gasteiger partial charge in [-0.3, -0.25) is 14.9 Å². The Kier molecular flexibility index (Phi) is 10.2. The van der Waals surface area contributed by atoms with Gasteiger partial charge in [0.2, 0.25) is 0 Å². The molecule has 0 saturated heterocycles. The van der Waals surface area contributed by atoms with E-state index in [9.17, 15) is 24.9 Å². The van der Waals surface area contributed by atoms with Crippen LogP contribution in [-0.4, -0.2) is 115 Å². The molecule has 11 nitrogen and oxygen atoms in total. The highest BCUT2D eigenvalue weighted by Crippen LogP contribution is 2.03. The smallest absolute Gasteiger partial charge is 0.183 e. The van der Waals surface area contributed by atoms with Gasteiger partial charge in [0, 0.05) is 0 Å². The van der Waals surface area contributed by atoms with Gasteiger partial charge in [-0.05, 0) is 0 Å². The van der Waals surface area contributed by atoms with Crippen molar-refractivity contribution < 1.29 is 50.4 Å². The first-order valence-electron chi connectivity index (χ1n) is 6.73. The van der Waals surface area contributed by atoms with Gasteiger partial charge in [0.15, 0.2) is 11.6 Å². The summed E-state index contributed by atoms with van der Waals surface area (Å²) in [6.45, 7) is -3.34. The zero-order valence-electron chi connectivity index (χ0n) is 12.2. The molecule has 0 bridgehead atoms. The Morgan fingerprint density at radius 1 is 0.783 bits per heavy atom. The second kappa shape index (κ2) is 10.7. The van der Waals surface area contributed by atoms with Crippen LogP contribution in [0.5, 0.6) is 0 Å². The number of aliphatic hydroxyl groups excluding tert-OH is 8. The molecule has 0 unspecified atom stereocenters. The van der Waals surface area contributed by atoms with Gasteiger partial charge in [-0.15, -0.1) is 0 Å². The van der Waals surface area contributed by atoms with Crippen LogP contribution in [0.15, 0.2) is 0 Å². The summed E-state index contributed by atoms with van der Waals surface area (Å²) in [5.74, 6) is -2.14. The Bertz CT molecular complexity index is 379. The van der Waals surface area contributed by atoms with Crippen LogP contribution >= 0.6 is 0 Å². The zero-order chi connectivity index (χ0) is 18.2. The lowest BCUT2D eigenvalue weighted by Gasteiger charge is -2.23. The Morgan fingerprint density at radius 2 is 1.30 bits per heavy atom. The molecule has 0 aliphatic heterocycles. The molecule has 0 aromatic carbocycles. The molecule has 0 aliphatic rings. The third kappa shape index (κ3) is 6.55. The standard InChI is InChI=1S/C12H23NO10/c14-2-5(9(20)11(22)7(18)3-15)13-1-6(17)10(21)12(23)8(19)4-16/h5,7-8,10-16,18-19,21-23H,1-4H2/t5-,7-,8-,10-,11-,12-/m1/s1. The van der Waals surface area contributed by atoms with E-state index in [0.29, 0.717) is 0 Å². The van der Waals surface area contributed by atoms with Gasteiger partial charge in [0.1, 0.15) is 30.5 Å². The van der Waals surface area contributed by atoms with E-state index in [2.05, 4.69) is 5.32 Å². The number of carbonyl (C=O) groups excluding carboxylic acids is 2. The number of nitrogens with one attached hydrogen (secondary N) is 1. The summed E-state index contributed by atoms with van der Waals surface area (Å²) < 4.78 is 0. The van der Waals surface area contributed by atoms with Gasteiger partial charge in [-0.25, -0.2) is 0 Å². The molecular formula is C12H23NO10. The molecule has 9 N–H and O–H groups in total. The molecule has 0 aromatic heterocycles. The lowest BCUT2D eigenvalue weighted by Crippen LogP contribution is -2.53. The number of ketones is 2. The average molecular weight is 341 g/mol. The molecule has 0 spiro atoms. The van der Waals surface area contributed by atoms with Crippen LogP contribution in [-0.2, 0) is 9.59 Å². The van der Waals surface area contributed by atoms with Gasteiger partial charge < -0.3 is 40.9 Å². The van der Waals surface area contributed by atoms with Crippen LogP contribution < -0.4 is 5.32 Å². The zero-order valence-corrected chi connectivity index (χ0v) is 12.2. The Hall–Kier alpha value is -1.02. The molecule has 0 aliphatic carbocycles. The molecule has 11 heteroatoms. The predicted octanol–water partition coefficient (Wildman–Crippen LogP) is -6.14. The molecule has 136 valence electrons. The van der Waals surface area contributed by atoms with E-state index in [-0.39, 0.29) is 0 Å². The van der Waals surface area contributed by atoms with E-state index in [1.165, 1.54) is 0 Å². The number of hydrogen-bond donors (Lipinski definition) is 9. The first kappa shape index (κ1) is 22.0. The third-order valence-electron chi connectivity index (χ3n) is 3.13. The van der Waals surface area contributed by atoms with E-state index < -0.39 is 74.5 Å². The third-order valence-corrected chi connectivity index (χ3v) is 3.13. The first-order chi connectivity index (χ1) is 10.7. The minimum atomic E-state index is -2.05. The second-order valence-corrected chi connectivity index (χ2v) is 4.86. The fraction of sp³-hybridized carbons (Fsp3) is 0.833. The van der Waals surface area contributed by atoms with Crippen molar-refractivity contribution in [2.45, 2.75) is 36.6 Å². The molecule has 0 aromatic rings. The van der Waals surface area contributed by atoms with E-state index >= 15 is 0 Å². The van der Waals surface area contributed by atoms with Crippen molar-refractivity contribution in [2.75, 3.05) is 26.4 Å². The van der Waals surface area contributed by atoms with E-state index in [4.69, 9.17) is 25.5 Å². The first-order valence-corrected chi connectivity index (χ1v) is 6.73. The highest BCUT2D eigenvalue weighted by molar-refractivity contribution is 5.90. The summed E-state index contributed by atoms with van der Waals surface area (Å²) in [7, 11) is 0. The topological polar surface area (TPSA) is 208 Å². The fourth-order valence-electron chi connectivity index (χ4n) is 1.59. The summed E-state index contributed by atoms with van der Waals surface area (Å²) in [5, 5.41) is 75.0. The summed E-state index contributed by atoms with van der Waals surface area (Å²) in [5.41, 5.74) is 0. The number of aliphatic hydroxyl groups is 8. The Labute approximate surface area is 131 Å². The summed E-state index contributed by atoms with van der Waals surface area (Å²) in [6, 6.07) is -1.47. The van der Waals surface area contributed by atoms with Crippen molar-refractivity contribution >= 4 is 11.6 Å². The molecular weight excluding hydrogens is 318 g/mol. The fourth-order valence-corrected chi connectivity index (χ4v) is 1.59. The van der Waals surface area contributed by atoms with Crippen molar-refractivity contribution in [1.82, 2.24) is 5.32 Å². The number of rotatable bonds is 12. The van der Waals surface area contributed by atoms with Crippen molar-refractivity contribution in [3.8, 4) is 0 Å². The molecule has 0 amide bonds. The van der Waals surface area contributed by atoms with Gasteiger partial charge >= 0.3 is 0 Å². The maximum absolute atomic E-state index is 11.7. The molecule has 0 rings (SSSR count). The summed E-state index contributed by atoms with van der Waals surface area (Å²) in [6.07, 6.45) is -9.50. The summed E-state index contributed by atoms with van der Waals surface area (Å²) >= 11 is 0. The van der Waals surface area contributed by atoms with Crippen LogP contribution in [0, 0.1) is 0 Å². The summed E-state index contributed by atoms with van der Waals surface area (Å²) in [4.78, 5) is 23.3. The molecule has 6 atom stereocenters. The maximum Gasteiger partial charge on any atom is 0.183 e. The van der Waals surface area contributed by atoms with Crippen LogP contribution in [0.2, 0.25) is 0 Å². The average Bonchev–Trinajstić information content (AvgIpc) is 2.57. The normalized spacial score (nSPS) is 19.5. The molecule has 0 heterocycles. The van der Waals surface area contributed by atoms with Crippen LogP contribution in [0.4, 0.5) is 0 Å². The highest BCUT2D eigenvalue weighted by atomic mass is 16.4. The predicted molar refractivity (Wildman–Crippen MR) is 73.1 cm³/mol. The maximum atomic E-state index is 11.7. The Balaban J connectivity index is 4.61. The number of Topliss-reactive ketones (excluding diaryl/α,β-unsaturated/α-hetero) is 2.